The molecule has 1 N–H and O–H groups in total. The zero-order valence-electron chi connectivity index (χ0n) is 13.0. The molecule has 2 aromatic carbocycles. The predicted octanol–water partition coefficient (Wildman–Crippen LogP) is 4.11. The van der Waals surface area contributed by atoms with Crippen molar-refractivity contribution in [2.75, 3.05) is 18.9 Å². The molecule has 0 bridgehead atoms. The van der Waals surface area contributed by atoms with Crippen molar-refractivity contribution in [3.63, 3.8) is 0 Å². The second-order valence-electron chi connectivity index (χ2n) is 5.33. The van der Waals surface area contributed by atoms with Gasteiger partial charge in [0, 0.05) is 37.3 Å². The summed E-state index contributed by atoms with van der Waals surface area (Å²) in [6, 6.07) is 15.7. The van der Waals surface area contributed by atoms with Gasteiger partial charge in [0.1, 0.15) is 0 Å². The molecule has 0 unspecified atom stereocenters. The van der Waals surface area contributed by atoms with Crippen LogP contribution in [0.25, 0.3) is 0 Å². The molecule has 116 valence electrons. The third-order valence-corrected chi connectivity index (χ3v) is 3.96. The van der Waals surface area contributed by atoms with Gasteiger partial charge >= 0.3 is 0 Å². The average Bonchev–Trinajstić information content (AvgIpc) is 2.51. The van der Waals surface area contributed by atoms with Crippen LogP contribution in [-0.2, 0) is 11.3 Å². The Balaban J connectivity index is 1.82. The van der Waals surface area contributed by atoms with E-state index in [1.54, 1.807) is 11.9 Å². The van der Waals surface area contributed by atoms with E-state index < -0.39 is 0 Å². The smallest absolute Gasteiger partial charge is 0.224 e. The molecule has 3 nitrogen and oxygen atoms in total. The van der Waals surface area contributed by atoms with E-state index in [0.717, 1.165) is 11.3 Å². The number of carbonyl (C=O) groups is 1. The van der Waals surface area contributed by atoms with Crippen molar-refractivity contribution in [2.45, 2.75) is 19.9 Å². The van der Waals surface area contributed by atoms with Gasteiger partial charge in [-0.2, -0.15) is 0 Å². The first-order valence-corrected chi connectivity index (χ1v) is 7.72. The van der Waals surface area contributed by atoms with E-state index in [4.69, 9.17) is 11.6 Å². The van der Waals surface area contributed by atoms with E-state index in [1.807, 2.05) is 55.5 Å². The molecular formula is C18H21ClN2O. The zero-order valence-corrected chi connectivity index (χ0v) is 13.7. The number of carbonyl (C=O) groups excluding carboxylic acids is 1. The second-order valence-corrected chi connectivity index (χ2v) is 5.74. The monoisotopic (exact) mass is 316 g/mol. The fourth-order valence-electron chi connectivity index (χ4n) is 2.24. The summed E-state index contributed by atoms with van der Waals surface area (Å²) in [5.41, 5.74) is 3.22. The maximum absolute atomic E-state index is 12.2. The number of hydrogen-bond donors (Lipinski definition) is 1. The quantitative estimate of drug-likeness (QED) is 0.870. The van der Waals surface area contributed by atoms with Gasteiger partial charge in [0.2, 0.25) is 5.91 Å². The number of halogens is 1. The molecule has 0 aliphatic heterocycles. The van der Waals surface area contributed by atoms with Crippen molar-refractivity contribution < 1.29 is 4.79 Å². The van der Waals surface area contributed by atoms with Gasteiger partial charge in [0.15, 0.2) is 0 Å². The number of rotatable bonds is 6. The molecule has 0 saturated carbocycles. The molecule has 1 amide bonds. The lowest BCUT2D eigenvalue weighted by molar-refractivity contribution is -0.130. The molecule has 0 aromatic heterocycles. The van der Waals surface area contributed by atoms with Crippen molar-refractivity contribution in [3.05, 3.63) is 64.7 Å². The summed E-state index contributed by atoms with van der Waals surface area (Å²) in [5.74, 6) is 0.0982. The number of benzene rings is 2. The molecule has 0 radical (unpaired) electrons. The maximum atomic E-state index is 12.2. The van der Waals surface area contributed by atoms with E-state index in [0.29, 0.717) is 24.5 Å². The van der Waals surface area contributed by atoms with Crippen molar-refractivity contribution in [1.29, 1.82) is 0 Å². The Labute approximate surface area is 136 Å². The third kappa shape index (κ3) is 4.50. The Morgan fingerprint density at radius 2 is 1.82 bits per heavy atom. The largest absolute Gasteiger partial charge is 0.384 e. The molecule has 0 aliphatic rings. The van der Waals surface area contributed by atoms with Crippen molar-refractivity contribution in [3.8, 4) is 0 Å². The fraction of sp³-hybridized carbons (Fsp3) is 0.278. The highest BCUT2D eigenvalue weighted by atomic mass is 35.5. The SMILES string of the molecule is Cc1ccccc1NCCC(=O)N(C)Cc1ccccc1Cl. The lowest BCUT2D eigenvalue weighted by Gasteiger charge is -2.18. The number of hydrogen-bond acceptors (Lipinski definition) is 2. The molecule has 0 spiro atoms. The van der Waals surface area contributed by atoms with Crippen LogP contribution in [0.5, 0.6) is 0 Å². The van der Waals surface area contributed by atoms with Crippen LogP contribution >= 0.6 is 11.6 Å². The van der Waals surface area contributed by atoms with Crippen LogP contribution in [0.3, 0.4) is 0 Å². The Bertz CT molecular complexity index is 642. The first-order valence-electron chi connectivity index (χ1n) is 7.35. The van der Waals surface area contributed by atoms with Crippen molar-refractivity contribution in [1.82, 2.24) is 4.90 Å². The van der Waals surface area contributed by atoms with Crippen LogP contribution < -0.4 is 5.32 Å². The van der Waals surface area contributed by atoms with E-state index in [9.17, 15) is 4.79 Å². The van der Waals surface area contributed by atoms with Gasteiger partial charge in [0.05, 0.1) is 0 Å². The highest BCUT2D eigenvalue weighted by Crippen LogP contribution is 2.17. The van der Waals surface area contributed by atoms with E-state index >= 15 is 0 Å². The molecule has 2 aromatic rings. The van der Waals surface area contributed by atoms with E-state index in [-0.39, 0.29) is 5.91 Å². The molecule has 22 heavy (non-hydrogen) atoms. The van der Waals surface area contributed by atoms with Gasteiger partial charge in [-0.25, -0.2) is 0 Å². The van der Waals surface area contributed by atoms with Crippen molar-refractivity contribution >= 4 is 23.2 Å². The zero-order chi connectivity index (χ0) is 15.9. The number of aryl methyl sites for hydroxylation is 1. The van der Waals surface area contributed by atoms with Gasteiger partial charge in [0.25, 0.3) is 0 Å². The third-order valence-electron chi connectivity index (χ3n) is 3.59. The number of amides is 1. The summed E-state index contributed by atoms with van der Waals surface area (Å²) in [5, 5.41) is 4.00. The predicted molar refractivity (Wildman–Crippen MR) is 92.2 cm³/mol. The topological polar surface area (TPSA) is 32.3 Å². The summed E-state index contributed by atoms with van der Waals surface area (Å²) in [7, 11) is 1.80. The van der Waals surface area contributed by atoms with Gasteiger partial charge in [-0.1, -0.05) is 48.0 Å². The van der Waals surface area contributed by atoms with Crippen LogP contribution in [0.15, 0.2) is 48.5 Å². The molecule has 4 heteroatoms. The highest BCUT2D eigenvalue weighted by molar-refractivity contribution is 6.31. The van der Waals surface area contributed by atoms with Gasteiger partial charge < -0.3 is 10.2 Å². The summed E-state index contributed by atoms with van der Waals surface area (Å²) < 4.78 is 0. The van der Waals surface area contributed by atoms with Gasteiger partial charge in [-0.15, -0.1) is 0 Å². The van der Waals surface area contributed by atoms with Crippen LogP contribution in [0.1, 0.15) is 17.5 Å². The van der Waals surface area contributed by atoms with Gasteiger partial charge in [-0.3, -0.25) is 4.79 Å². The van der Waals surface area contributed by atoms with Crippen LogP contribution in [0, 0.1) is 6.92 Å². The number of para-hydroxylation sites is 1. The fourth-order valence-corrected chi connectivity index (χ4v) is 2.43. The molecule has 0 atom stereocenters. The Kier molecular flexibility index (Phi) is 5.84. The lowest BCUT2D eigenvalue weighted by atomic mass is 10.2. The number of anilines is 1. The minimum Gasteiger partial charge on any atom is -0.384 e. The second kappa shape index (κ2) is 7.85. The standard InChI is InChI=1S/C18H21ClN2O/c1-14-7-3-6-10-17(14)20-12-11-18(22)21(2)13-15-8-4-5-9-16(15)19/h3-10,20H,11-13H2,1-2H3. The number of nitrogens with one attached hydrogen (secondary N) is 1. The molecule has 0 saturated heterocycles. The Morgan fingerprint density at radius 1 is 1.14 bits per heavy atom. The lowest BCUT2D eigenvalue weighted by Crippen LogP contribution is -2.28. The van der Waals surface area contributed by atoms with Crippen LogP contribution in [-0.4, -0.2) is 24.4 Å². The van der Waals surface area contributed by atoms with E-state index in [1.165, 1.54) is 5.56 Å². The molecule has 0 fully saturated rings. The first kappa shape index (κ1) is 16.4. The van der Waals surface area contributed by atoms with Crippen molar-refractivity contribution in [2.24, 2.45) is 0 Å². The Hall–Kier alpha value is -2.00. The molecule has 2 rings (SSSR count). The Morgan fingerprint density at radius 3 is 2.55 bits per heavy atom. The van der Waals surface area contributed by atoms with Crippen LogP contribution in [0.2, 0.25) is 5.02 Å². The van der Waals surface area contributed by atoms with Gasteiger partial charge in [-0.05, 0) is 30.2 Å². The molecule has 0 aliphatic carbocycles. The molecule has 0 heterocycles. The number of nitrogens with zero attached hydrogens (tertiary/aromatic N) is 1. The minimum atomic E-state index is 0.0982. The summed E-state index contributed by atoms with van der Waals surface area (Å²) >= 11 is 6.12. The summed E-state index contributed by atoms with van der Waals surface area (Å²) in [6.45, 7) is 3.20. The molecular weight excluding hydrogens is 296 g/mol. The normalized spacial score (nSPS) is 10.3. The van der Waals surface area contributed by atoms with E-state index in [2.05, 4.69) is 5.32 Å². The maximum Gasteiger partial charge on any atom is 0.224 e. The minimum absolute atomic E-state index is 0.0982. The summed E-state index contributed by atoms with van der Waals surface area (Å²) in [6.07, 6.45) is 0.454. The summed E-state index contributed by atoms with van der Waals surface area (Å²) in [4.78, 5) is 13.9. The highest BCUT2D eigenvalue weighted by Gasteiger charge is 2.10. The average molecular weight is 317 g/mol. The van der Waals surface area contributed by atoms with Crippen LogP contribution in [0.4, 0.5) is 5.69 Å². The first-order chi connectivity index (χ1) is 10.6.